The summed E-state index contributed by atoms with van der Waals surface area (Å²) in [6.45, 7) is 0. The number of carbonyl (C=O) groups is 1. The summed E-state index contributed by atoms with van der Waals surface area (Å²) in [5.74, 6) is -0.325. The van der Waals surface area contributed by atoms with Gasteiger partial charge in [-0.1, -0.05) is 11.6 Å². The number of likely N-dealkylation sites (N-methyl/N-ethyl adjacent to an activating group) is 1. The minimum Gasteiger partial charge on any atom is -0.357 e. The zero-order valence-electron chi connectivity index (χ0n) is 4.77. The zero-order valence-corrected chi connectivity index (χ0v) is 5.53. The Hall–Kier alpha value is -0.280. The van der Waals surface area contributed by atoms with Gasteiger partial charge in [-0.05, 0) is 0 Å². The van der Waals surface area contributed by atoms with Crippen molar-refractivity contribution < 1.29 is 9.53 Å². The lowest BCUT2D eigenvalue weighted by Crippen LogP contribution is -2.28. The van der Waals surface area contributed by atoms with E-state index in [9.17, 15) is 4.79 Å². The molecule has 0 heterocycles. The quantitative estimate of drug-likeness (QED) is 0.542. The normalized spacial score (nSPS) is 12.9. The lowest BCUT2D eigenvalue weighted by molar-refractivity contribution is -0.126. The van der Waals surface area contributed by atoms with E-state index in [1.165, 1.54) is 14.2 Å². The first-order valence-electron chi connectivity index (χ1n) is 2.10. The molecule has 0 aliphatic carbocycles. The fourth-order valence-corrected chi connectivity index (χ4v) is 0.330. The highest BCUT2D eigenvalue weighted by atomic mass is 35.5. The highest BCUT2D eigenvalue weighted by Crippen LogP contribution is 1.93. The number of methoxy groups -OCH3 is 1. The molecule has 8 heavy (non-hydrogen) atoms. The third-order valence-corrected chi connectivity index (χ3v) is 1.04. The number of nitrogens with one attached hydrogen (secondary N) is 1. The third kappa shape index (κ3) is 2.14. The van der Waals surface area contributed by atoms with Gasteiger partial charge >= 0.3 is 0 Å². The van der Waals surface area contributed by atoms with Crippen LogP contribution in [0.5, 0.6) is 0 Å². The van der Waals surface area contributed by atoms with Gasteiger partial charge in [-0.15, -0.1) is 0 Å². The van der Waals surface area contributed by atoms with E-state index in [-0.39, 0.29) is 5.91 Å². The maximum Gasteiger partial charge on any atom is 0.264 e. The smallest absolute Gasteiger partial charge is 0.264 e. The topological polar surface area (TPSA) is 38.3 Å². The van der Waals surface area contributed by atoms with E-state index in [1.54, 1.807) is 0 Å². The summed E-state index contributed by atoms with van der Waals surface area (Å²) >= 11 is 5.28. The maximum absolute atomic E-state index is 10.4. The standard InChI is InChI=1S/C4H8ClNO2/c1-6-4(7)3(5)8-2/h3H,1-2H3,(H,6,7). The number of alkyl halides is 1. The molecule has 0 aromatic carbocycles. The van der Waals surface area contributed by atoms with E-state index < -0.39 is 5.56 Å². The molecule has 4 heteroatoms. The predicted molar refractivity (Wildman–Crippen MR) is 30.7 cm³/mol. The zero-order chi connectivity index (χ0) is 6.57. The minimum absolute atomic E-state index is 0.325. The van der Waals surface area contributed by atoms with E-state index >= 15 is 0 Å². The van der Waals surface area contributed by atoms with Gasteiger partial charge in [0.15, 0.2) is 0 Å². The SMILES string of the molecule is CNC(=O)C(Cl)OC. The molecular weight excluding hydrogens is 130 g/mol. The van der Waals surface area contributed by atoms with Crippen molar-refractivity contribution >= 4 is 17.5 Å². The molecule has 0 rings (SSSR count). The Morgan fingerprint density at radius 3 is 2.50 bits per heavy atom. The summed E-state index contributed by atoms with van der Waals surface area (Å²) < 4.78 is 4.46. The van der Waals surface area contributed by atoms with Crippen LogP contribution >= 0.6 is 11.6 Å². The van der Waals surface area contributed by atoms with Crippen LogP contribution in [0.25, 0.3) is 0 Å². The number of hydrogen-bond acceptors (Lipinski definition) is 2. The first-order valence-corrected chi connectivity index (χ1v) is 2.54. The molecule has 0 aliphatic heterocycles. The van der Waals surface area contributed by atoms with Crippen molar-refractivity contribution in [1.29, 1.82) is 0 Å². The second-order valence-corrected chi connectivity index (χ2v) is 1.56. The first kappa shape index (κ1) is 7.72. The maximum atomic E-state index is 10.4. The van der Waals surface area contributed by atoms with Crippen molar-refractivity contribution in [2.45, 2.75) is 5.56 Å². The van der Waals surface area contributed by atoms with Gasteiger partial charge in [-0.25, -0.2) is 0 Å². The summed E-state index contributed by atoms with van der Waals surface area (Å²) in [6, 6.07) is 0. The third-order valence-electron chi connectivity index (χ3n) is 0.659. The lowest BCUT2D eigenvalue weighted by atomic mass is 10.6. The van der Waals surface area contributed by atoms with Crippen LogP contribution < -0.4 is 5.32 Å². The van der Waals surface area contributed by atoms with E-state index in [0.29, 0.717) is 0 Å². The van der Waals surface area contributed by atoms with Crippen LogP contribution in [-0.4, -0.2) is 25.6 Å². The number of rotatable bonds is 2. The van der Waals surface area contributed by atoms with Gasteiger partial charge in [0.25, 0.3) is 5.91 Å². The summed E-state index contributed by atoms with van der Waals surface area (Å²) in [6.07, 6.45) is 0. The molecule has 48 valence electrons. The minimum atomic E-state index is -0.861. The average Bonchev–Trinajstić information content (AvgIpc) is 1.84. The predicted octanol–water partition coefficient (Wildman–Crippen LogP) is -0.0563. The van der Waals surface area contributed by atoms with Crippen LogP contribution in [0.1, 0.15) is 0 Å². The monoisotopic (exact) mass is 137 g/mol. The molecule has 1 amide bonds. The van der Waals surface area contributed by atoms with Crippen molar-refractivity contribution in [2.75, 3.05) is 14.2 Å². The largest absolute Gasteiger partial charge is 0.357 e. The Bertz CT molecular complexity index is 86.1. The van der Waals surface area contributed by atoms with E-state index in [2.05, 4.69) is 10.1 Å². The molecule has 0 bridgehead atoms. The molecule has 0 aliphatic rings. The van der Waals surface area contributed by atoms with E-state index in [0.717, 1.165) is 0 Å². The summed E-state index contributed by atoms with van der Waals surface area (Å²) in [7, 11) is 2.86. The fourth-order valence-electron chi connectivity index (χ4n) is 0.221. The van der Waals surface area contributed by atoms with Crippen LogP contribution in [0, 0.1) is 0 Å². The Balaban J connectivity index is 3.46. The number of amides is 1. The summed E-state index contributed by atoms with van der Waals surface area (Å²) in [5, 5.41) is 2.32. The van der Waals surface area contributed by atoms with Crippen molar-refractivity contribution in [1.82, 2.24) is 5.32 Å². The van der Waals surface area contributed by atoms with Crippen molar-refractivity contribution in [3.63, 3.8) is 0 Å². The molecule has 0 fully saturated rings. The molecule has 0 saturated heterocycles. The number of ether oxygens (including phenoxy) is 1. The van der Waals surface area contributed by atoms with Gasteiger partial charge < -0.3 is 10.1 Å². The lowest BCUT2D eigenvalue weighted by Gasteiger charge is -2.02. The summed E-state index contributed by atoms with van der Waals surface area (Å²) in [5.41, 5.74) is -0.861. The Morgan fingerprint density at radius 2 is 2.38 bits per heavy atom. The van der Waals surface area contributed by atoms with Crippen molar-refractivity contribution in [3.05, 3.63) is 0 Å². The Kier molecular flexibility index (Phi) is 3.56. The second kappa shape index (κ2) is 3.69. The molecule has 1 atom stereocenters. The van der Waals surface area contributed by atoms with Crippen LogP contribution in [0.15, 0.2) is 0 Å². The number of hydrogen-bond donors (Lipinski definition) is 1. The molecule has 0 radical (unpaired) electrons. The van der Waals surface area contributed by atoms with Gasteiger partial charge in [-0.3, -0.25) is 4.79 Å². The second-order valence-electron chi connectivity index (χ2n) is 1.17. The van der Waals surface area contributed by atoms with E-state index in [4.69, 9.17) is 11.6 Å². The van der Waals surface area contributed by atoms with Crippen LogP contribution in [0.4, 0.5) is 0 Å². The molecule has 0 aromatic rings. The van der Waals surface area contributed by atoms with Crippen molar-refractivity contribution in [3.8, 4) is 0 Å². The number of carbonyl (C=O) groups excluding carboxylic acids is 1. The van der Waals surface area contributed by atoms with Gasteiger partial charge in [0, 0.05) is 14.2 Å². The van der Waals surface area contributed by atoms with Gasteiger partial charge in [0.1, 0.15) is 0 Å². The van der Waals surface area contributed by atoms with Crippen LogP contribution in [-0.2, 0) is 9.53 Å². The van der Waals surface area contributed by atoms with Crippen molar-refractivity contribution in [2.24, 2.45) is 0 Å². The first-order chi connectivity index (χ1) is 3.72. The molecule has 1 N–H and O–H groups in total. The molecule has 3 nitrogen and oxygen atoms in total. The average molecular weight is 138 g/mol. The van der Waals surface area contributed by atoms with Crippen LogP contribution in [0.3, 0.4) is 0 Å². The Labute approximate surface area is 53.0 Å². The molecule has 0 spiro atoms. The molecular formula is C4H8ClNO2. The van der Waals surface area contributed by atoms with Gasteiger partial charge in [0.2, 0.25) is 5.56 Å². The van der Waals surface area contributed by atoms with Gasteiger partial charge in [-0.2, -0.15) is 0 Å². The Morgan fingerprint density at radius 1 is 1.88 bits per heavy atom. The fraction of sp³-hybridized carbons (Fsp3) is 0.750. The molecule has 1 unspecified atom stereocenters. The highest BCUT2D eigenvalue weighted by molar-refractivity contribution is 6.29. The molecule has 0 aromatic heterocycles. The summed E-state index contributed by atoms with van der Waals surface area (Å²) in [4.78, 5) is 10.4. The van der Waals surface area contributed by atoms with Gasteiger partial charge in [0.05, 0.1) is 0 Å². The van der Waals surface area contributed by atoms with E-state index in [1.807, 2.05) is 0 Å². The molecule has 0 saturated carbocycles. The highest BCUT2D eigenvalue weighted by Gasteiger charge is 2.09. The number of halogens is 1. The van der Waals surface area contributed by atoms with Crippen LogP contribution in [0.2, 0.25) is 0 Å².